The highest BCUT2D eigenvalue weighted by molar-refractivity contribution is 5.76. The number of hydrogen-bond acceptors (Lipinski definition) is 2. The summed E-state index contributed by atoms with van der Waals surface area (Å²) in [6.07, 6.45) is 5.92. The summed E-state index contributed by atoms with van der Waals surface area (Å²) in [5.41, 5.74) is 0.0643. The zero-order valence-electron chi connectivity index (χ0n) is 14.6. The number of amides is 2. The van der Waals surface area contributed by atoms with Crippen molar-refractivity contribution in [3.8, 4) is 0 Å². The third-order valence-corrected chi connectivity index (χ3v) is 3.58. The van der Waals surface area contributed by atoms with Crippen molar-refractivity contribution in [1.29, 1.82) is 0 Å². The summed E-state index contributed by atoms with van der Waals surface area (Å²) >= 11 is 0. The summed E-state index contributed by atoms with van der Waals surface area (Å²) in [5.74, 6) is 0.287. The third kappa shape index (κ3) is 11.6. The van der Waals surface area contributed by atoms with E-state index >= 15 is 0 Å². The monoisotopic (exact) mass is 314 g/mol. The number of hydrogen-bond donors (Lipinski definition) is 2. The van der Waals surface area contributed by atoms with Gasteiger partial charge in [-0.3, -0.25) is 9.59 Å². The van der Waals surface area contributed by atoms with Gasteiger partial charge in [0.1, 0.15) is 0 Å². The van der Waals surface area contributed by atoms with Gasteiger partial charge in [-0.2, -0.15) is 0 Å². The van der Waals surface area contributed by atoms with Crippen LogP contribution >= 0.6 is 0 Å². The first kappa shape index (κ1) is 23.2. The third-order valence-electron chi connectivity index (χ3n) is 3.58. The van der Waals surface area contributed by atoms with E-state index in [-0.39, 0.29) is 30.7 Å². The van der Waals surface area contributed by atoms with E-state index in [0.717, 1.165) is 38.6 Å². The van der Waals surface area contributed by atoms with Gasteiger partial charge in [-0.05, 0) is 37.5 Å². The Bertz CT molecular complexity index is 309. The first-order valence-electron chi connectivity index (χ1n) is 8.37. The van der Waals surface area contributed by atoms with Gasteiger partial charge in [0.05, 0.1) is 0 Å². The van der Waals surface area contributed by atoms with Gasteiger partial charge in [-0.1, -0.05) is 42.0 Å². The van der Waals surface area contributed by atoms with Crippen LogP contribution in [0.25, 0.3) is 0 Å². The molecule has 2 amide bonds. The van der Waals surface area contributed by atoms with E-state index in [9.17, 15) is 9.59 Å². The highest BCUT2D eigenvalue weighted by Crippen LogP contribution is 2.23. The molecule has 0 aliphatic carbocycles. The summed E-state index contributed by atoms with van der Waals surface area (Å²) in [6.45, 7) is 11.2. The van der Waals surface area contributed by atoms with Crippen LogP contribution in [-0.4, -0.2) is 24.4 Å². The Labute approximate surface area is 137 Å². The molecule has 4 heteroatoms. The lowest BCUT2D eigenvalue weighted by Gasteiger charge is -2.31. The van der Waals surface area contributed by atoms with Crippen LogP contribution in [0.4, 0.5) is 0 Å². The minimum atomic E-state index is 0. The molecule has 22 heavy (non-hydrogen) atoms. The van der Waals surface area contributed by atoms with Gasteiger partial charge in [0.25, 0.3) is 0 Å². The van der Waals surface area contributed by atoms with E-state index < -0.39 is 0 Å². The molecule has 1 atom stereocenters. The lowest BCUT2D eigenvalue weighted by atomic mass is 9.83. The predicted molar refractivity (Wildman–Crippen MR) is 94.8 cm³/mol. The Morgan fingerprint density at radius 2 is 1.50 bits per heavy atom. The molecular weight excluding hydrogens is 276 g/mol. The SMILES string of the molecule is C.CCCC(=O)NCCCCC(NC(=O)CCC)C(C)(C)C. The summed E-state index contributed by atoms with van der Waals surface area (Å²) in [7, 11) is 0. The van der Waals surface area contributed by atoms with E-state index in [1.54, 1.807) is 0 Å². The zero-order chi connectivity index (χ0) is 16.3. The lowest BCUT2D eigenvalue weighted by Crippen LogP contribution is -2.43. The van der Waals surface area contributed by atoms with Crippen LogP contribution < -0.4 is 10.6 Å². The molecule has 0 aromatic rings. The number of carbonyl (C=O) groups excluding carboxylic acids is 2. The van der Waals surface area contributed by atoms with E-state index in [1.807, 2.05) is 13.8 Å². The van der Waals surface area contributed by atoms with Gasteiger partial charge in [0.2, 0.25) is 11.8 Å². The Morgan fingerprint density at radius 3 is 2.00 bits per heavy atom. The van der Waals surface area contributed by atoms with Crippen LogP contribution in [0.3, 0.4) is 0 Å². The van der Waals surface area contributed by atoms with Crippen molar-refractivity contribution in [2.45, 2.75) is 93.0 Å². The molecule has 4 nitrogen and oxygen atoms in total. The molecule has 0 radical (unpaired) electrons. The van der Waals surface area contributed by atoms with Crippen LogP contribution in [0.1, 0.15) is 87.0 Å². The van der Waals surface area contributed by atoms with Crippen molar-refractivity contribution in [1.82, 2.24) is 10.6 Å². The lowest BCUT2D eigenvalue weighted by molar-refractivity contribution is -0.122. The summed E-state index contributed by atoms with van der Waals surface area (Å²) in [6, 6.07) is 0.197. The Hall–Kier alpha value is -1.06. The molecule has 0 heterocycles. The summed E-state index contributed by atoms with van der Waals surface area (Å²) < 4.78 is 0. The molecule has 0 aromatic heterocycles. The second-order valence-corrected chi connectivity index (χ2v) is 6.83. The average molecular weight is 315 g/mol. The number of carbonyl (C=O) groups is 2. The quantitative estimate of drug-likeness (QED) is 0.598. The Morgan fingerprint density at radius 1 is 0.955 bits per heavy atom. The predicted octanol–water partition coefficient (Wildman–Crippen LogP) is 4.04. The molecule has 0 aliphatic rings. The van der Waals surface area contributed by atoms with Crippen molar-refractivity contribution >= 4 is 11.8 Å². The average Bonchev–Trinajstić information content (AvgIpc) is 2.36. The van der Waals surface area contributed by atoms with Gasteiger partial charge in [-0.15, -0.1) is 0 Å². The molecule has 0 spiro atoms. The van der Waals surface area contributed by atoms with E-state index in [0.29, 0.717) is 12.8 Å². The van der Waals surface area contributed by atoms with E-state index in [2.05, 4.69) is 31.4 Å². The highest BCUT2D eigenvalue weighted by Gasteiger charge is 2.25. The molecule has 132 valence electrons. The number of nitrogens with one attached hydrogen (secondary N) is 2. The molecule has 0 aromatic carbocycles. The fourth-order valence-corrected chi connectivity index (χ4v) is 2.23. The van der Waals surface area contributed by atoms with E-state index in [4.69, 9.17) is 0 Å². The van der Waals surface area contributed by atoms with Crippen molar-refractivity contribution in [3.63, 3.8) is 0 Å². The normalized spacial score (nSPS) is 12.2. The Balaban J connectivity index is 0. The Kier molecular flexibility index (Phi) is 13.2. The fourth-order valence-electron chi connectivity index (χ4n) is 2.23. The maximum Gasteiger partial charge on any atom is 0.220 e. The molecule has 0 bridgehead atoms. The van der Waals surface area contributed by atoms with Gasteiger partial charge in [0.15, 0.2) is 0 Å². The van der Waals surface area contributed by atoms with Crippen molar-refractivity contribution in [3.05, 3.63) is 0 Å². The number of rotatable bonds is 10. The molecule has 2 N–H and O–H groups in total. The van der Waals surface area contributed by atoms with Gasteiger partial charge >= 0.3 is 0 Å². The van der Waals surface area contributed by atoms with Gasteiger partial charge in [0, 0.05) is 25.4 Å². The van der Waals surface area contributed by atoms with Crippen LogP contribution in [0, 0.1) is 5.41 Å². The summed E-state index contributed by atoms with van der Waals surface area (Å²) in [5, 5.41) is 6.08. The zero-order valence-corrected chi connectivity index (χ0v) is 14.6. The minimum Gasteiger partial charge on any atom is -0.356 e. The maximum atomic E-state index is 11.8. The molecular formula is C18H38N2O2. The van der Waals surface area contributed by atoms with Crippen LogP contribution in [-0.2, 0) is 9.59 Å². The largest absolute Gasteiger partial charge is 0.356 e. The smallest absolute Gasteiger partial charge is 0.220 e. The van der Waals surface area contributed by atoms with Crippen LogP contribution in [0.2, 0.25) is 0 Å². The first-order chi connectivity index (χ1) is 9.81. The second kappa shape index (κ2) is 12.5. The van der Waals surface area contributed by atoms with Crippen molar-refractivity contribution < 1.29 is 9.59 Å². The first-order valence-corrected chi connectivity index (χ1v) is 8.37. The van der Waals surface area contributed by atoms with Gasteiger partial charge < -0.3 is 10.6 Å². The molecule has 0 saturated heterocycles. The van der Waals surface area contributed by atoms with Crippen molar-refractivity contribution in [2.75, 3.05) is 6.54 Å². The maximum absolute atomic E-state index is 11.8. The molecule has 0 rings (SSSR count). The standard InChI is InChI=1S/C17H34N2O2.CH4/c1-6-10-15(20)18-13-9-8-12-14(17(3,4)5)19-16(21)11-7-2;/h14H,6-13H2,1-5H3,(H,18,20)(H,19,21);1H4. The summed E-state index contributed by atoms with van der Waals surface area (Å²) in [4.78, 5) is 23.1. The molecule has 0 aliphatic heterocycles. The fraction of sp³-hybridized carbons (Fsp3) is 0.889. The topological polar surface area (TPSA) is 58.2 Å². The van der Waals surface area contributed by atoms with Gasteiger partial charge in [-0.25, -0.2) is 0 Å². The molecule has 1 unspecified atom stereocenters. The number of unbranched alkanes of at least 4 members (excludes halogenated alkanes) is 1. The molecule has 0 saturated carbocycles. The second-order valence-electron chi connectivity index (χ2n) is 6.83. The molecule has 0 fully saturated rings. The van der Waals surface area contributed by atoms with Crippen LogP contribution in [0.5, 0.6) is 0 Å². The van der Waals surface area contributed by atoms with Crippen molar-refractivity contribution in [2.24, 2.45) is 5.41 Å². The van der Waals surface area contributed by atoms with Crippen LogP contribution in [0.15, 0.2) is 0 Å². The highest BCUT2D eigenvalue weighted by atomic mass is 16.2. The minimum absolute atomic E-state index is 0. The van der Waals surface area contributed by atoms with E-state index in [1.165, 1.54) is 0 Å².